The van der Waals surface area contributed by atoms with Gasteiger partial charge in [-0.3, -0.25) is 14.2 Å². The Hall–Kier alpha value is -2.65. The summed E-state index contributed by atoms with van der Waals surface area (Å²) < 4.78 is 13.7. The molecule has 0 radical (unpaired) electrons. The van der Waals surface area contributed by atoms with E-state index in [1.807, 2.05) is 0 Å². The molecule has 1 rings (SSSR count). The third kappa shape index (κ3) is 4.43. The van der Waals surface area contributed by atoms with Gasteiger partial charge in [-0.05, 0) is 0 Å². The molecule has 0 saturated carbocycles. The maximum Gasteiger partial charge on any atom is 0.407 e. The molecular formula is C12H17FN4O5. The van der Waals surface area contributed by atoms with Crippen molar-refractivity contribution in [3.63, 3.8) is 0 Å². The van der Waals surface area contributed by atoms with Gasteiger partial charge in [0.2, 0.25) is 11.7 Å². The summed E-state index contributed by atoms with van der Waals surface area (Å²) in [6.07, 6.45) is -0.630. The van der Waals surface area contributed by atoms with E-state index in [9.17, 15) is 23.6 Å². The monoisotopic (exact) mass is 316 g/mol. The topological polar surface area (TPSA) is 116 Å². The second-order valence-electron chi connectivity index (χ2n) is 4.67. The first-order valence-corrected chi connectivity index (χ1v) is 6.40. The molecule has 0 aliphatic carbocycles. The van der Waals surface area contributed by atoms with Crippen LogP contribution in [-0.4, -0.2) is 63.6 Å². The van der Waals surface area contributed by atoms with Crippen LogP contribution in [0.4, 0.5) is 9.18 Å². The van der Waals surface area contributed by atoms with Gasteiger partial charge in [-0.15, -0.1) is 0 Å². The molecule has 22 heavy (non-hydrogen) atoms. The Kier molecular flexibility index (Phi) is 5.84. The molecule has 0 spiro atoms. The van der Waals surface area contributed by atoms with Crippen LogP contribution in [0.25, 0.3) is 0 Å². The van der Waals surface area contributed by atoms with E-state index in [-0.39, 0.29) is 26.1 Å². The highest BCUT2D eigenvalue weighted by Crippen LogP contribution is 1.94. The second kappa shape index (κ2) is 7.38. The molecule has 9 nitrogen and oxygen atoms in total. The van der Waals surface area contributed by atoms with E-state index in [1.165, 1.54) is 19.0 Å². The first-order chi connectivity index (χ1) is 10.2. The van der Waals surface area contributed by atoms with Crippen molar-refractivity contribution >= 4 is 12.0 Å². The number of nitrogens with one attached hydrogen (secondary N) is 1. The lowest BCUT2D eigenvalue weighted by molar-refractivity contribution is -0.130. The average Bonchev–Trinajstić information content (AvgIpc) is 2.47. The Balaban J connectivity index is 2.60. The van der Waals surface area contributed by atoms with Gasteiger partial charge in [0.1, 0.15) is 0 Å². The minimum Gasteiger partial charge on any atom is -0.465 e. The molecule has 0 bridgehead atoms. The molecule has 1 aromatic heterocycles. The summed E-state index contributed by atoms with van der Waals surface area (Å²) in [6, 6.07) is 0. The minimum atomic E-state index is -1.11. The van der Waals surface area contributed by atoms with Crippen molar-refractivity contribution in [1.29, 1.82) is 0 Å². The molecule has 1 heterocycles. The number of nitrogens with zero attached hydrogens (tertiary/aromatic N) is 3. The predicted octanol–water partition coefficient (Wildman–Crippen LogP) is -0.866. The molecule has 0 saturated heterocycles. The van der Waals surface area contributed by atoms with Crippen molar-refractivity contribution in [3.05, 3.63) is 32.9 Å². The van der Waals surface area contributed by atoms with Crippen LogP contribution in [-0.2, 0) is 11.3 Å². The Morgan fingerprint density at radius 3 is 2.45 bits per heavy atom. The van der Waals surface area contributed by atoms with E-state index < -0.39 is 29.1 Å². The quantitative estimate of drug-likeness (QED) is 0.708. The van der Waals surface area contributed by atoms with Crippen molar-refractivity contribution < 1.29 is 19.1 Å². The molecule has 122 valence electrons. The molecule has 1 aromatic rings. The number of carbonyl (C=O) groups excluding carboxylic acids is 1. The van der Waals surface area contributed by atoms with E-state index in [1.54, 1.807) is 0 Å². The van der Waals surface area contributed by atoms with Gasteiger partial charge in [0, 0.05) is 46.3 Å². The number of hydrogen-bond donors (Lipinski definition) is 2. The van der Waals surface area contributed by atoms with Crippen LogP contribution in [0.1, 0.15) is 6.42 Å². The van der Waals surface area contributed by atoms with Crippen molar-refractivity contribution in [2.24, 2.45) is 0 Å². The average molecular weight is 316 g/mol. The number of carbonyl (C=O) groups is 2. The number of aromatic nitrogens is 2. The molecule has 0 atom stereocenters. The summed E-state index contributed by atoms with van der Waals surface area (Å²) in [6.45, 7) is 0.0258. The highest BCUT2D eigenvalue weighted by molar-refractivity contribution is 5.75. The van der Waals surface area contributed by atoms with E-state index in [0.29, 0.717) is 10.8 Å². The molecule has 2 N–H and O–H groups in total. The lowest BCUT2D eigenvalue weighted by Gasteiger charge is -2.20. The Labute approximate surface area is 124 Å². The zero-order chi connectivity index (χ0) is 16.9. The molecule has 10 heteroatoms. The second-order valence-corrected chi connectivity index (χ2v) is 4.67. The van der Waals surface area contributed by atoms with Gasteiger partial charge in [-0.1, -0.05) is 0 Å². The van der Waals surface area contributed by atoms with Crippen LogP contribution in [0.2, 0.25) is 0 Å². The van der Waals surface area contributed by atoms with Gasteiger partial charge < -0.3 is 19.9 Å². The zero-order valence-corrected chi connectivity index (χ0v) is 12.2. The number of halogens is 1. The normalized spacial score (nSPS) is 10.3. The highest BCUT2D eigenvalue weighted by Gasteiger charge is 2.13. The molecule has 0 unspecified atom stereocenters. The van der Waals surface area contributed by atoms with Crippen molar-refractivity contribution in [2.75, 3.05) is 27.2 Å². The third-order valence-electron chi connectivity index (χ3n) is 3.09. The number of amides is 2. The molecule has 0 aliphatic rings. The van der Waals surface area contributed by atoms with Gasteiger partial charge >= 0.3 is 11.8 Å². The summed E-state index contributed by atoms with van der Waals surface area (Å²) in [5, 5.41) is 8.68. The number of H-pyrrole nitrogens is 1. The van der Waals surface area contributed by atoms with Crippen molar-refractivity contribution in [3.8, 4) is 0 Å². The molecule has 0 aliphatic heterocycles. The smallest absolute Gasteiger partial charge is 0.407 e. The minimum absolute atomic E-state index is 0.123. The largest absolute Gasteiger partial charge is 0.465 e. The summed E-state index contributed by atoms with van der Waals surface area (Å²) in [5.74, 6) is -1.50. The first-order valence-electron chi connectivity index (χ1n) is 6.40. The maximum atomic E-state index is 13.1. The molecule has 0 aromatic carbocycles. The number of aromatic amines is 1. The lowest BCUT2D eigenvalue weighted by Crippen LogP contribution is -2.40. The highest BCUT2D eigenvalue weighted by atomic mass is 19.1. The van der Waals surface area contributed by atoms with Crippen LogP contribution in [0.3, 0.4) is 0 Å². The predicted molar refractivity (Wildman–Crippen MR) is 74.2 cm³/mol. The molecule has 2 amide bonds. The summed E-state index contributed by atoms with van der Waals surface area (Å²) in [5.41, 5.74) is -1.89. The standard InChI is InChI=1S/C12H17FN4O5/c1-15(5-6-16(2)12(21)22)9(18)3-4-17-10(19)8(13)7-14-11(17)20/h7H,3-6H2,1-2H3,(H,14,20)(H,21,22). The van der Waals surface area contributed by atoms with E-state index in [0.717, 1.165) is 4.90 Å². The van der Waals surface area contributed by atoms with Crippen LogP contribution < -0.4 is 11.2 Å². The zero-order valence-electron chi connectivity index (χ0n) is 12.2. The Bertz CT molecular complexity index is 668. The van der Waals surface area contributed by atoms with E-state index >= 15 is 0 Å². The van der Waals surface area contributed by atoms with E-state index in [2.05, 4.69) is 4.98 Å². The summed E-state index contributed by atoms with van der Waals surface area (Å²) in [4.78, 5) is 49.6. The Morgan fingerprint density at radius 2 is 1.86 bits per heavy atom. The fraction of sp³-hybridized carbons (Fsp3) is 0.500. The maximum absolute atomic E-state index is 13.1. The number of carboxylic acid groups (broad SMARTS) is 1. The SMILES string of the molecule is CN(CCN(C)C(=O)CCn1c(=O)[nH]cc(F)c1=O)C(=O)O. The van der Waals surface area contributed by atoms with Gasteiger partial charge in [-0.25, -0.2) is 9.59 Å². The number of hydrogen-bond acceptors (Lipinski definition) is 4. The third-order valence-corrected chi connectivity index (χ3v) is 3.09. The van der Waals surface area contributed by atoms with Crippen LogP contribution in [0, 0.1) is 5.82 Å². The molecular weight excluding hydrogens is 299 g/mol. The van der Waals surface area contributed by atoms with Crippen LogP contribution in [0.15, 0.2) is 15.8 Å². The van der Waals surface area contributed by atoms with Gasteiger partial charge in [0.05, 0.1) is 0 Å². The van der Waals surface area contributed by atoms with E-state index in [4.69, 9.17) is 5.11 Å². The van der Waals surface area contributed by atoms with Crippen LogP contribution in [0.5, 0.6) is 0 Å². The first kappa shape index (κ1) is 17.4. The lowest BCUT2D eigenvalue weighted by atomic mass is 10.3. The van der Waals surface area contributed by atoms with Crippen molar-refractivity contribution in [1.82, 2.24) is 19.4 Å². The summed E-state index contributed by atoms with van der Waals surface area (Å²) >= 11 is 0. The number of rotatable bonds is 6. The fourth-order valence-electron chi connectivity index (χ4n) is 1.61. The summed E-state index contributed by atoms with van der Waals surface area (Å²) in [7, 11) is 2.84. The van der Waals surface area contributed by atoms with Crippen molar-refractivity contribution in [2.45, 2.75) is 13.0 Å². The fourth-order valence-corrected chi connectivity index (χ4v) is 1.61. The number of likely N-dealkylation sites (N-methyl/N-ethyl adjacent to an activating group) is 2. The van der Waals surface area contributed by atoms with Gasteiger partial charge in [0.25, 0.3) is 5.56 Å². The van der Waals surface area contributed by atoms with Crippen LogP contribution >= 0.6 is 0 Å². The molecule has 0 fully saturated rings. The Morgan fingerprint density at radius 1 is 1.27 bits per heavy atom. The van der Waals surface area contributed by atoms with Gasteiger partial charge in [0.15, 0.2) is 0 Å². The van der Waals surface area contributed by atoms with Gasteiger partial charge in [-0.2, -0.15) is 4.39 Å².